The first-order valence-corrected chi connectivity index (χ1v) is 14.0. The van der Waals surface area contributed by atoms with Crippen LogP contribution in [0.2, 0.25) is 0 Å². The molecule has 39 heavy (non-hydrogen) atoms. The lowest BCUT2D eigenvalue weighted by Gasteiger charge is -2.37. The standard InChI is InChI=1S/C25H40N3O10P/c1-16(26)21(30)28(23(32)38-25(5,6)7)18(13-14-19(29)37-24(2,3)4)20(39(33,34)35)27-22(31)36-15-17-11-9-8-10-12-17/h8-12,16,18,20H,13-15,26H2,1-7H3,(H,27,31)(H2,33,34,35)/t16-,18-,20?/m0/s1. The lowest BCUT2D eigenvalue weighted by Crippen LogP contribution is -2.59. The van der Waals surface area contributed by atoms with Crippen molar-refractivity contribution < 1.29 is 47.7 Å². The third kappa shape index (κ3) is 12.6. The van der Waals surface area contributed by atoms with E-state index >= 15 is 0 Å². The van der Waals surface area contributed by atoms with Crippen molar-refractivity contribution in [2.75, 3.05) is 0 Å². The highest BCUT2D eigenvalue weighted by molar-refractivity contribution is 7.52. The minimum absolute atomic E-state index is 0.225. The minimum Gasteiger partial charge on any atom is -0.460 e. The summed E-state index contributed by atoms with van der Waals surface area (Å²) < 4.78 is 28.3. The molecular weight excluding hydrogens is 533 g/mol. The number of nitrogens with two attached hydrogens (primary N) is 1. The van der Waals surface area contributed by atoms with Gasteiger partial charge in [0.15, 0.2) is 5.78 Å². The molecule has 0 heterocycles. The van der Waals surface area contributed by atoms with E-state index in [2.05, 4.69) is 5.32 Å². The zero-order valence-electron chi connectivity index (χ0n) is 23.4. The largest absolute Gasteiger partial charge is 0.460 e. The van der Waals surface area contributed by atoms with E-state index in [1.165, 1.54) is 27.7 Å². The smallest absolute Gasteiger partial charge is 0.417 e. The summed E-state index contributed by atoms with van der Waals surface area (Å²) in [6, 6.07) is 5.44. The molecule has 5 N–H and O–H groups in total. The number of rotatable bonds is 10. The first-order valence-electron chi connectivity index (χ1n) is 12.3. The maximum absolute atomic E-state index is 13.2. The van der Waals surface area contributed by atoms with Gasteiger partial charge < -0.3 is 35.0 Å². The molecular formula is C25H40N3O10P. The summed E-state index contributed by atoms with van der Waals surface area (Å²) >= 11 is 0. The molecule has 1 rings (SSSR count). The van der Waals surface area contributed by atoms with E-state index in [0.717, 1.165) is 0 Å². The molecule has 220 valence electrons. The van der Waals surface area contributed by atoms with Crippen LogP contribution in [-0.2, 0) is 35.0 Å². The summed E-state index contributed by atoms with van der Waals surface area (Å²) in [5, 5.41) is 2.07. The van der Waals surface area contributed by atoms with Crippen molar-refractivity contribution in [1.82, 2.24) is 10.2 Å². The second-order valence-electron chi connectivity index (χ2n) is 10.9. The topological polar surface area (TPSA) is 195 Å². The van der Waals surface area contributed by atoms with Crippen LogP contribution in [0.1, 0.15) is 66.9 Å². The van der Waals surface area contributed by atoms with Gasteiger partial charge in [-0.3, -0.25) is 14.2 Å². The summed E-state index contributed by atoms with van der Waals surface area (Å²) in [5.74, 6) is -3.98. The molecule has 0 aliphatic heterocycles. The van der Waals surface area contributed by atoms with Crippen LogP contribution >= 0.6 is 7.60 Å². The highest BCUT2D eigenvalue weighted by Crippen LogP contribution is 2.44. The molecule has 0 saturated heterocycles. The van der Waals surface area contributed by atoms with E-state index < -0.39 is 73.6 Å². The van der Waals surface area contributed by atoms with Crippen LogP contribution in [0.15, 0.2) is 30.3 Å². The predicted octanol–water partition coefficient (Wildman–Crippen LogP) is 3.02. The molecule has 3 atom stereocenters. The number of esters is 1. The highest BCUT2D eigenvalue weighted by Gasteiger charge is 2.47. The van der Waals surface area contributed by atoms with Gasteiger partial charge in [0, 0.05) is 6.42 Å². The van der Waals surface area contributed by atoms with Gasteiger partial charge in [0.25, 0.3) is 0 Å². The Balaban J connectivity index is 3.45. The Morgan fingerprint density at radius 2 is 1.54 bits per heavy atom. The minimum atomic E-state index is -5.30. The van der Waals surface area contributed by atoms with Gasteiger partial charge >= 0.3 is 25.8 Å². The van der Waals surface area contributed by atoms with E-state index in [1.807, 2.05) is 0 Å². The van der Waals surface area contributed by atoms with Gasteiger partial charge in [0.05, 0.1) is 12.1 Å². The normalized spacial score (nSPS) is 14.4. The summed E-state index contributed by atoms with van der Waals surface area (Å²) in [5.41, 5.74) is 4.36. The van der Waals surface area contributed by atoms with E-state index in [0.29, 0.717) is 10.5 Å². The Morgan fingerprint density at radius 1 is 1.00 bits per heavy atom. The van der Waals surface area contributed by atoms with Crippen LogP contribution in [-0.4, -0.2) is 67.8 Å². The third-order valence-corrected chi connectivity index (χ3v) is 6.02. The molecule has 0 bridgehead atoms. The van der Waals surface area contributed by atoms with Crippen molar-refractivity contribution >= 4 is 31.7 Å². The van der Waals surface area contributed by atoms with Crippen LogP contribution in [0.3, 0.4) is 0 Å². The number of alkyl carbamates (subject to hydrolysis) is 1. The summed E-state index contributed by atoms with van der Waals surface area (Å²) in [6.45, 7) is 10.5. The Bertz CT molecular complexity index is 1040. The quantitative estimate of drug-likeness (QED) is 0.182. The monoisotopic (exact) mass is 573 g/mol. The third-order valence-electron chi connectivity index (χ3n) is 4.82. The van der Waals surface area contributed by atoms with Gasteiger partial charge in [0.1, 0.15) is 17.8 Å². The highest BCUT2D eigenvalue weighted by atomic mass is 31.2. The average Bonchev–Trinajstić information content (AvgIpc) is 2.76. The molecule has 13 nitrogen and oxygen atoms in total. The summed E-state index contributed by atoms with van der Waals surface area (Å²) in [4.78, 5) is 72.2. The van der Waals surface area contributed by atoms with Gasteiger partial charge in [-0.05, 0) is 60.5 Å². The number of nitrogens with zero attached hydrogens (tertiary/aromatic N) is 1. The molecule has 0 aromatic heterocycles. The van der Waals surface area contributed by atoms with Crippen molar-refractivity contribution in [3.05, 3.63) is 35.9 Å². The number of carbonyl (C=O) groups is 4. The summed E-state index contributed by atoms with van der Waals surface area (Å²) in [7, 11) is -5.30. The second-order valence-corrected chi connectivity index (χ2v) is 12.6. The van der Waals surface area contributed by atoms with Gasteiger partial charge in [-0.1, -0.05) is 30.3 Å². The van der Waals surface area contributed by atoms with Gasteiger partial charge in [-0.2, -0.15) is 0 Å². The van der Waals surface area contributed by atoms with Crippen LogP contribution < -0.4 is 11.1 Å². The Hall–Kier alpha value is -2.99. The lowest BCUT2D eigenvalue weighted by atomic mass is 10.1. The van der Waals surface area contributed by atoms with Crippen molar-refractivity contribution in [2.45, 2.75) is 97.0 Å². The number of imide groups is 1. The number of nitrogens with one attached hydrogen (secondary N) is 1. The van der Waals surface area contributed by atoms with Gasteiger partial charge in [0.2, 0.25) is 5.91 Å². The second kappa shape index (κ2) is 13.9. The lowest BCUT2D eigenvalue weighted by molar-refractivity contribution is -0.155. The molecule has 0 aliphatic carbocycles. The zero-order chi connectivity index (χ0) is 30.2. The zero-order valence-corrected chi connectivity index (χ0v) is 24.3. The molecule has 0 radical (unpaired) electrons. The molecule has 0 fully saturated rings. The molecule has 3 amide bonds. The maximum atomic E-state index is 13.2. The SMILES string of the molecule is C[C@H](N)C(=O)N(C(=O)OC(C)(C)C)[C@@H](CCC(=O)OC(C)(C)C)C(NC(=O)OCc1ccccc1)P(=O)(O)O. The molecule has 1 unspecified atom stereocenters. The fourth-order valence-corrected chi connectivity index (χ4v) is 4.30. The molecule has 14 heteroatoms. The van der Waals surface area contributed by atoms with Crippen molar-refractivity contribution in [1.29, 1.82) is 0 Å². The predicted molar refractivity (Wildman–Crippen MR) is 141 cm³/mol. The molecule has 1 aromatic carbocycles. The number of hydrogen-bond acceptors (Lipinski definition) is 9. The fraction of sp³-hybridized carbons (Fsp3) is 0.600. The van der Waals surface area contributed by atoms with Crippen molar-refractivity contribution in [3.8, 4) is 0 Å². The van der Waals surface area contributed by atoms with Crippen molar-refractivity contribution in [2.24, 2.45) is 5.73 Å². The molecule has 1 aromatic rings. The van der Waals surface area contributed by atoms with E-state index in [4.69, 9.17) is 19.9 Å². The number of carbonyl (C=O) groups excluding carboxylic acids is 4. The van der Waals surface area contributed by atoms with Gasteiger partial charge in [-0.15, -0.1) is 0 Å². The Morgan fingerprint density at radius 3 is 2.00 bits per heavy atom. The number of benzene rings is 1. The van der Waals surface area contributed by atoms with Crippen LogP contribution in [0, 0.1) is 0 Å². The first-order chi connectivity index (χ1) is 17.7. The van der Waals surface area contributed by atoms with Crippen LogP contribution in [0.4, 0.5) is 9.59 Å². The van der Waals surface area contributed by atoms with E-state index in [1.54, 1.807) is 51.1 Å². The van der Waals surface area contributed by atoms with Crippen molar-refractivity contribution in [3.63, 3.8) is 0 Å². The molecule has 0 aliphatic rings. The number of ether oxygens (including phenoxy) is 3. The number of amides is 3. The Labute approximate surface area is 228 Å². The van der Waals surface area contributed by atoms with Crippen LogP contribution in [0.25, 0.3) is 0 Å². The van der Waals surface area contributed by atoms with E-state index in [-0.39, 0.29) is 6.61 Å². The fourth-order valence-electron chi connectivity index (χ4n) is 3.30. The van der Waals surface area contributed by atoms with Gasteiger partial charge in [-0.25, -0.2) is 14.5 Å². The maximum Gasteiger partial charge on any atom is 0.417 e. The molecule has 0 spiro atoms. The Kier molecular flexibility index (Phi) is 12.1. The first kappa shape index (κ1) is 34.0. The summed E-state index contributed by atoms with van der Waals surface area (Å²) in [6.07, 6.45) is -3.46. The molecule has 0 saturated carbocycles. The van der Waals surface area contributed by atoms with E-state index in [9.17, 15) is 33.5 Å². The van der Waals surface area contributed by atoms with Crippen LogP contribution in [0.5, 0.6) is 0 Å². The average molecular weight is 574 g/mol. The number of hydrogen-bond donors (Lipinski definition) is 4.